The molecule has 3 rings (SSSR count). The maximum atomic E-state index is 13.2. The lowest BCUT2D eigenvalue weighted by Crippen LogP contribution is -2.23. The highest BCUT2D eigenvalue weighted by atomic mass is 16.5. The molecule has 0 aliphatic heterocycles. The van der Waals surface area contributed by atoms with Crippen molar-refractivity contribution in [1.82, 2.24) is 0 Å². The highest BCUT2D eigenvalue weighted by Crippen LogP contribution is 2.32. The summed E-state index contributed by atoms with van der Waals surface area (Å²) in [4.78, 5) is 37.5. The molecule has 0 fully saturated rings. The second-order valence-corrected chi connectivity index (χ2v) is 6.78. The van der Waals surface area contributed by atoms with E-state index in [1.54, 1.807) is 32.4 Å². The number of carbonyl (C=O) groups excluding carboxylic acids is 3. The molecule has 0 heterocycles. The van der Waals surface area contributed by atoms with Gasteiger partial charge in [-0.1, -0.05) is 18.2 Å². The summed E-state index contributed by atoms with van der Waals surface area (Å²) in [5.41, 5.74) is 3.97. The van der Waals surface area contributed by atoms with E-state index in [2.05, 4.69) is 0 Å². The van der Waals surface area contributed by atoms with Crippen molar-refractivity contribution in [3.05, 3.63) is 69.3 Å². The monoisotopic (exact) mass is 366 g/mol. The Morgan fingerprint density at radius 2 is 1.56 bits per heavy atom. The van der Waals surface area contributed by atoms with Crippen LogP contribution in [-0.2, 0) is 33.9 Å². The lowest BCUT2D eigenvalue weighted by atomic mass is 9.80. The quantitative estimate of drug-likeness (QED) is 0.642. The van der Waals surface area contributed by atoms with Crippen molar-refractivity contribution in [1.29, 1.82) is 0 Å². The van der Waals surface area contributed by atoms with Gasteiger partial charge in [0.1, 0.15) is 5.78 Å². The molecule has 0 unspecified atom stereocenters. The minimum absolute atomic E-state index is 0.0912. The van der Waals surface area contributed by atoms with E-state index in [-0.39, 0.29) is 24.0 Å². The number of carbonyl (C=O) groups is 3. The molecule has 5 heteroatoms. The number of methoxy groups -OCH3 is 2. The van der Waals surface area contributed by atoms with Crippen LogP contribution in [0.4, 0.5) is 0 Å². The molecule has 2 aromatic rings. The minimum Gasteiger partial charge on any atom is -0.380 e. The molecule has 1 aliphatic carbocycles. The fourth-order valence-corrected chi connectivity index (χ4v) is 3.47. The summed E-state index contributed by atoms with van der Waals surface area (Å²) in [5, 5.41) is 0. The zero-order valence-electron chi connectivity index (χ0n) is 15.8. The largest absolute Gasteiger partial charge is 0.380 e. The number of ketones is 3. The van der Waals surface area contributed by atoms with E-state index in [0.29, 0.717) is 47.3 Å². The van der Waals surface area contributed by atoms with Gasteiger partial charge in [0.2, 0.25) is 0 Å². The van der Waals surface area contributed by atoms with Crippen LogP contribution >= 0.6 is 0 Å². The summed E-state index contributed by atoms with van der Waals surface area (Å²) in [6.07, 6.45) is 0.960. The molecule has 140 valence electrons. The van der Waals surface area contributed by atoms with Crippen molar-refractivity contribution >= 4 is 17.3 Å². The Balaban J connectivity index is 2.10. The standard InChI is InChI=1S/C22H22O5/c1-13(23)4-5-14-6-7-17-18(9-14)22(25)20-16(12-27-3)8-15(11-26-2)10-19(20)21(17)24/h6-10H,4-5,11-12H2,1-3H3. The summed E-state index contributed by atoms with van der Waals surface area (Å²) in [6, 6.07) is 8.81. The van der Waals surface area contributed by atoms with Crippen LogP contribution in [0.3, 0.4) is 0 Å². The highest BCUT2D eigenvalue weighted by molar-refractivity contribution is 6.29. The van der Waals surface area contributed by atoms with Crippen LogP contribution in [0, 0.1) is 0 Å². The predicted octanol–water partition coefficient (Wildman–Crippen LogP) is 3.28. The van der Waals surface area contributed by atoms with Gasteiger partial charge in [-0.3, -0.25) is 9.59 Å². The SMILES string of the molecule is COCc1cc(COC)c2c(c1)C(=O)c1ccc(CCC(C)=O)cc1C2=O. The van der Waals surface area contributed by atoms with Crippen molar-refractivity contribution in [3.8, 4) is 0 Å². The van der Waals surface area contributed by atoms with E-state index in [0.717, 1.165) is 11.1 Å². The average molecular weight is 366 g/mol. The Morgan fingerprint density at radius 3 is 2.22 bits per heavy atom. The second kappa shape index (κ2) is 7.94. The Kier molecular flexibility index (Phi) is 5.63. The molecule has 0 amide bonds. The maximum Gasteiger partial charge on any atom is 0.194 e. The number of hydrogen-bond donors (Lipinski definition) is 0. The van der Waals surface area contributed by atoms with Crippen LogP contribution in [0.5, 0.6) is 0 Å². The predicted molar refractivity (Wildman–Crippen MR) is 100 cm³/mol. The van der Waals surface area contributed by atoms with Crippen LogP contribution < -0.4 is 0 Å². The summed E-state index contributed by atoms with van der Waals surface area (Å²) < 4.78 is 10.4. The Hall–Kier alpha value is -2.63. The smallest absolute Gasteiger partial charge is 0.194 e. The molecule has 0 spiro atoms. The molecule has 0 radical (unpaired) electrons. The molecule has 0 saturated carbocycles. The van der Waals surface area contributed by atoms with Gasteiger partial charge in [0, 0.05) is 42.9 Å². The van der Waals surface area contributed by atoms with Gasteiger partial charge in [0.15, 0.2) is 11.6 Å². The first-order valence-corrected chi connectivity index (χ1v) is 8.81. The van der Waals surface area contributed by atoms with Crippen LogP contribution in [0.1, 0.15) is 61.9 Å². The fourth-order valence-electron chi connectivity index (χ4n) is 3.47. The number of aryl methyl sites for hydroxylation is 1. The molecule has 2 aromatic carbocycles. The third kappa shape index (κ3) is 3.75. The van der Waals surface area contributed by atoms with E-state index >= 15 is 0 Å². The van der Waals surface area contributed by atoms with E-state index in [9.17, 15) is 14.4 Å². The van der Waals surface area contributed by atoms with Crippen LogP contribution in [0.15, 0.2) is 30.3 Å². The van der Waals surface area contributed by atoms with Crippen LogP contribution in [-0.4, -0.2) is 31.6 Å². The highest BCUT2D eigenvalue weighted by Gasteiger charge is 2.32. The zero-order valence-corrected chi connectivity index (χ0v) is 15.8. The summed E-state index contributed by atoms with van der Waals surface area (Å²) >= 11 is 0. The first kappa shape index (κ1) is 19.1. The number of rotatable bonds is 7. The molecular weight excluding hydrogens is 344 g/mol. The van der Waals surface area contributed by atoms with Crippen LogP contribution in [0.25, 0.3) is 0 Å². The van der Waals surface area contributed by atoms with Crippen molar-refractivity contribution in [3.63, 3.8) is 0 Å². The first-order valence-electron chi connectivity index (χ1n) is 8.81. The lowest BCUT2D eigenvalue weighted by Gasteiger charge is -2.22. The molecule has 0 N–H and O–H groups in total. The van der Waals surface area contributed by atoms with Crippen molar-refractivity contribution in [2.75, 3.05) is 14.2 Å². The second-order valence-electron chi connectivity index (χ2n) is 6.78. The van der Waals surface area contributed by atoms with Gasteiger partial charge in [-0.2, -0.15) is 0 Å². The van der Waals surface area contributed by atoms with E-state index in [1.807, 2.05) is 12.1 Å². The summed E-state index contributed by atoms with van der Waals surface area (Å²) in [5.74, 6) is -0.262. The topological polar surface area (TPSA) is 69.7 Å². The molecule has 1 aliphatic rings. The van der Waals surface area contributed by atoms with Crippen LogP contribution in [0.2, 0.25) is 0 Å². The average Bonchev–Trinajstić information content (AvgIpc) is 2.64. The van der Waals surface area contributed by atoms with Gasteiger partial charge >= 0.3 is 0 Å². The Morgan fingerprint density at radius 1 is 0.852 bits per heavy atom. The molecule has 27 heavy (non-hydrogen) atoms. The summed E-state index contributed by atoms with van der Waals surface area (Å²) in [6.45, 7) is 2.12. The molecular formula is C22H22O5. The van der Waals surface area contributed by atoms with Gasteiger partial charge in [-0.15, -0.1) is 0 Å². The van der Waals surface area contributed by atoms with E-state index in [4.69, 9.17) is 9.47 Å². The van der Waals surface area contributed by atoms with Gasteiger partial charge in [0.25, 0.3) is 0 Å². The number of fused-ring (bicyclic) bond motifs is 2. The fraction of sp³-hybridized carbons (Fsp3) is 0.318. The Labute approximate surface area is 158 Å². The van der Waals surface area contributed by atoms with Crippen molar-refractivity contribution in [2.45, 2.75) is 33.0 Å². The molecule has 5 nitrogen and oxygen atoms in total. The number of benzene rings is 2. The number of Topliss-reactive ketones (excluding diaryl/α,β-unsaturated/α-hetero) is 1. The van der Waals surface area contributed by atoms with Gasteiger partial charge in [-0.25, -0.2) is 0 Å². The third-order valence-corrected chi connectivity index (χ3v) is 4.70. The minimum atomic E-state index is -0.180. The van der Waals surface area contributed by atoms with Crippen molar-refractivity contribution in [2.24, 2.45) is 0 Å². The third-order valence-electron chi connectivity index (χ3n) is 4.70. The summed E-state index contributed by atoms with van der Waals surface area (Å²) in [7, 11) is 3.14. The van der Waals surface area contributed by atoms with Gasteiger partial charge < -0.3 is 14.3 Å². The van der Waals surface area contributed by atoms with Gasteiger partial charge in [0.05, 0.1) is 13.2 Å². The lowest BCUT2D eigenvalue weighted by molar-refractivity contribution is -0.116. The molecule has 0 bridgehead atoms. The zero-order chi connectivity index (χ0) is 19.6. The van der Waals surface area contributed by atoms with Gasteiger partial charge in [-0.05, 0) is 42.2 Å². The normalized spacial score (nSPS) is 12.7. The van der Waals surface area contributed by atoms with E-state index < -0.39 is 0 Å². The maximum absolute atomic E-state index is 13.2. The first-order chi connectivity index (χ1) is 13.0. The van der Waals surface area contributed by atoms with Crippen molar-refractivity contribution < 1.29 is 23.9 Å². The molecule has 0 aromatic heterocycles. The number of hydrogen-bond acceptors (Lipinski definition) is 5. The molecule has 0 atom stereocenters. The number of ether oxygens (including phenoxy) is 2. The molecule has 0 saturated heterocycles. The Bertz CT molecular complexity index is 927. The van der Waals surface area contributed by atoms with E-state index in [1.165, 1.54) is 6.92 Å².